The van der Waals surface area contributed by atoms with E-state index < -0.39 is 22.4 Å². The lowest BCUT2D eigenvalue weighted by molar-refractivity contribution is -0.959. The molecule has 1 aromatic rings. The van der Waals surface area contributed by atoms with Crippen molar-refractivity contribution in [2.24, 2.45) is 0 Å². The SMILES string of the molecule is O=[N+]([O-])c1cc(C(F)(F)F)ccc1NCC1([NH+]2CCOCC2)CCCCC1. The number of rotatable bonds is 5. The van der Waals surface area contributed by atoms with Gasteiger partial charge in [0.15, 0.2) is 0 Å². The number of alkyl halides is 3. The van der Waals surface area contributed by atoms with Crippen molar-refractivity contribution in [1.29, 1.82) is 0 Å². The van der Waals surface area contributed by atoms with Crippen molar-refractivity contribution < 1.29 is 27.7 Å². The third-order valence-corrected chi connectivity index (χ3v) is 5.80. The van der Waals surface area contributed by atoms with Crippen LogP contribution in [0.4, 0.5) is 24.5 Å². The van der Waals surface area contributed by atoms with Crippen LogP contribution in [-0.2, 0) is 10.9 Å². The summed E-state index contributed by atoms with van der Waals surface area (Å²) in [6.45, 7) is 3.66. The molecular formula is C18H25F3N3O3+. The fourth-order valence-corrected chi connectivity index (χ4v) is 4.30. The first-order valence-corrected chi connectivity index (χ1v) is 9.34. The summed E-state index contributed by atoms with van der Waals surface area (Å²) in [4.78, 5) is 12.0. The summed E-state index contributed by atoms with van der Waals surface area (Å²) in [5.74, 6) is 0. The maximum Gasteiger partial charge on any atom is 0.416 e. The van der Waals surface area contributed by atoms with Gasteiger partial charge in [0, 0.05) is 18.9 Å². The van der Waals surface area contributed by atoms with Crippen molar-refractivity contribution in [2.75, 3.05) is 38.2 Å². The lowest BCUT2D eigenvalue weighted by atomic mass is 9.79. The molecule has 2 fully saturated rings. The van der Waals surface area contributed by atoms with E-state index in [1.807, 2.05) is 0 Å². The molecule has 27 heavy (non-hydrogen) atoms. The van der Waals surface area contributed by atoms with Gasteiger partial charge < -0.3 is 15.0 Å². The van der Waals surface area contributed by atoms with Crippen molar-refractivity contribution in [2.45, 2.75) is 43.8 Å². The molecule has 1 saturated heterocycles. The Kier molecular flexibility index (Phi) is 5.90. The summed E-state index contributed by atoms with van der Waals surface area (Å²) < 4.78 is 44.1. The third kappa shape index (κ3) is 4.52. The molecule has 1 saturated carbocycles. The van der Waals surface area contributed by atoms with Crippen LogP contribution in [0.3, 0.4) is 0 Å². The average Bonchev–Trinajstić information content (AvgIpc) is 2.67. The Bertz CT molecular complexity index is 670. The second kappa shape index (κ2) is 8.02. The van der Waals surface area contributed by atoms with E-state index in [1.165, 1.54) is 17.4 Å². The van der Waals surface area contributed by atoms with Gasteiger partial charge in [-0.05, 0) is 25.0 Å². The summed E-state index contributed by atoms with van der Waals surface area (Å²) in [5, 5.41) is 14.4. The van der Waals surface area contributed by atoms with E-state index in [0.29, 0.717) is 25.8 Å². The van der Waals surface area contributed by atoms with E-state index in [-0.39, 0.29) is 11.2 Å². The topological polar surface area (TPSA) is 68.8 Å². The first-order chi connectivity index (χ1) is 12.8. The predicted molar refractivity (Wildman–Crippen MR) is 93.9 cm³/mol. The van der Waals surface area contributed by atoms with Crippen molar-refractivity contribution in [1.82, 2.24) is 0 Å². The number of nitrogens with one attached hydrogen (secondary N) is 2. The zero-order valence-corrected chi connectivity index (χ0v) is 15.1. The number of nitrogens with zero attached hydrogens (tertiary/aromatic N) is 1. The molecule has 0 spiro atoms. The van der Waals surface area contributed by atoms with Crippen LogP contribution in [0.2, 0.25) is 0 Å². The molecule has 2 N–H and O–H groups in total. The molecule has 9 heteroatoms. The van der Waals surface area contributed by atoms with Gasteiger partial charge in [0.05, 0.1) is 30.2 Å². The van der Waals surface area contributed by atoms with Crippen molar-refractivity contribution >= 4 is 11.4 Å². The van der Waals surface area contributed by atoms with E-state index in [2.05, 4.69) is 5.32 Å². The highest BCUT2D eigenvalue weighted by atomic mass is 19.4. The number of anilines is 1. The van der Waals surface area contributed by atoms with Crippen LogP contribution in [0.5, 0.6) is 0 Å². The zero-order valence-electron chi connectivity index (χ0n) is 15.1. The predicted octanol–water partition coefficient (Wildman–Crippen LogP) is 2.64. The van der Waals surface area contributed by atoms with Crippen molar-refractivity contribution in [3.05, 3.63) is 33.9 Å². The van der Waals surface area contributed by atoms with E-state index >= 15 is 0 Å². The summed E-state index contributed by atoms with van der Waals surface area (Å²) in [7, 11) is 0. The second-order valence-corrected chi connectivity index (χ2v) is 7.40. The molecule has 1 aliphatic heterocycles. The highest BCUT2D eigenvalue weighted by Crippen LogP contribution is 2.35. The molecule has 150 valence electrons. The van der Waals surface area contributed by atoms with Crippen LogP contribution in [0.25, 0.3) is 0 Å². The molecule has 0 atom stereocenters. The maximum atomic E-state index is 12.9. The largest absolute Gasteiger partial charge is 0.416 e. The lowest BCUT2D eigenvalue weighted by Crippen LogP contribution is -3.22. The maximum absolute atomic E-state index is 12.9. The smallest absolute Gasteiger partial charge is 0.373 e. The van der Waals surface area contributed by atoms with Gasteiger partial charge in [-0.15, -0.1) is 0 Å². The van der Waals surface area contributed by atoms with Crippen LogP contribution < -0.4 is 10.2 Å². The first-order valence-electron chi connectivity index (χ1n) is 9.34. The molecular weight excluding hydrogens is 363 g/mol. The Morgan fingerprint density at radius 1 is 1.19 bits per heavy atom. The van der Waals surface area contributed by atoms with Gasteiger partial charge in [-0.3, -0.25) is 10.1 Å². The number of hydrogen-bond acceptors (Lipinski definition) is 4. The van der Waals surface area contributed by atoms with Crippen LogP contribution in [-0.4, -0.2) is 43.3 Å². The molecule has 1 aromatic carbocycles. The number of hydrogen-bond donors (Lipinski definition) is 2. The Morgan fingerprint density at radius 3 is 2.44 bits per heavy atom. The molecule has 0 amide bonds. The van der Waals surface area contributed by atoms with Gasteiger partial charge in [-0.25, -0.2) is 0 Å². The number of ether oxygens (including phenoxy) is 1. The highest BCUT2D eigenvalue weighted by Gasteiger charge is 2.42. The number of morpholine rings is 1. The van der Waals surface area contributed by atoms with E-state index in [4.69, 9.17) is 4.74 Å². The molecule has 6 nitrogen and oxygen atoms in total. The molecule has 0 aromatic heterocycles. The van der Waals surface area contributed by atoms with Gasteiger partial charge in [0.1, 0.15) is 24.3 Å². The third-order valence-electron chi connectivity index (χ3n) is 5.80. The molecule has 0 radical (unpaired) electrons. The van der Waals surface area contributed by atoms with Gasteiger partial charge in [-0.2, -0.15) is 13.2 Å². The van der Waals surface area contributed by atoms with Crippen molar-refractivity contribution in [3.8, 4) is 0 Å². The number of quaternary nitrogens is 1. The standard InChI is InChI=1S/C18H24F3N3O3/c19-18(20,21)14-4-5-15(16(12-14)24(25)26)22-13-17(6-2-1-3-7-17)23-8-10-27-11-9-23/h4-5,12,22H,1-3,6-11,13H2/p+1. The number of benzene rings is 1. The Hall–Kier alpha value is -1.87. The summed E-state index contributed by atoms with van der Waals surface area (Å²) >= 11 is 0. The van der Waals surface area contributed by atoms with E-state index in [1.54, 1.807) is 0 Å². The van der Waals surface area contributed by atoms with E-state index in [0.717, 1.165) is 44.8 Å². The van der Waals surface area contributed by atoms with Crippen LogP contribution in [0.15, 0.2) is 18.2 Å². The summed E-state index contributed by atoms with van der Waals surface area (Å²) in [6, 6.07) is 2.67. The number of nitro benzene ring substituents is 1. The Morgan fingerprint density at radius 2 is 1.85 bits per heavy atom. The normalized spacial score (nSPS) is 21.0. The quantitative estimate of drug-likeness (QED) is 0.601. The first kappa shape index (κ1) is 19.9. The Labute approximate surface area is 155 Å². The molecule has 1 heterocycles. The minimum Gasteiger partial charge on any atom is -0.373 e. The molecule has 0 unspecified atom stereocenters. The van der Waals surface area contributed by atoms with Crippen LogP contribution in [0, 0.1) is 10.1 Å². The second-order valence-electron chi connectivity index (χ2n) is 7.40. The number of halogens is 3. The van der Waals surface area contributed by atoms with Gasteiger partial charge >= 0.3 is 6.18 Å². The van der Waals surface area contributed by atoms with Gasteiger partial charge in [0.2, 0.25) is 0 Å². The van der Waals surface area contributed by atoms with Gasteiger partial charge in [-0.1, -0.05) is 6.42 Å². The molecule has 2 aliphatic rings. The van der Waals surface area contributed by atoms with Crippen LogP contribution in [0.1, 0.15) is 37.7 Å². The minimum absolute atomic E-state index is 0.0569. The highest BCUT2D eigenvalue weighted by molar-refractivity contribution is 5.63. The van der Waals surface area contributed by atoms with E-state index in [9.17, 15) is 23.3 Å². The monoisotopic (exact) mass is 388 g/mol. The minimum atomic E-state index is -4.61. The molecule has 0 bridgehead atoms. The van der Waals surface area contributed by atoms with Gasteiger partial charge in [0.25, 0.3) is 5.69 Å². The Balaban J connectivity index is 1.81. The number of nitro groups is 1. The lowest BCUT2D eigenvalue weighted by Gasteiger charge is -2.45. The average molecular weight is 388 g/mol. The molecule has 1 aliphatic carbocycles. The van der Waals surface area contributed by atoms with Crippen LogP contribution >= 0.6 is 0 Å². The fraction of sp³-hybridized carbons (Fsp3) is 0.667. The summed E-state index contributed by atoms with van der Waals surface area (Å²) in [6.07, 6.45) is 0.771. The van der Waals surface area contributed by atoms with Crippen molar-refractivity contribution in [3.63, 3.8) is 0 Å². The molecule has 3 rings (SSSR count). The summed E-state index contributed by atoms with van der Waals surface area (Å²) in [5.41, 5.74) is -1.46. The fourth-order valence-electron chi connectivity index (χ4n) is 4.30. The zero-order chi connectivity index (χ0) is 19.5.